The van der Waals surface area contributed by atoms with Gasteiger partial charge in [0.15, 0.2) is 0 Å². The second-order valence-electron chi connectivity index (χ2n) is 4.71. The van der Waals surface area contributed by atoms with Crippen LogP contribution < -0.4 is 5.56 Å². The van der Waals surface area contributed by atoms with Gasteiger partial charge in [-0.25, -0.2) is 4.68 Å². The Hall–Kier alpha value is -1.68. The van der Waals surface area contributed by atoms with Crippen molar-refractivity contribution in [2.45, 2.75) is 33.2 Å². The molecule has 5 heteroatoms. The van der Waals surface area contributed by atoms with Gasteiger partial charge >= 0.3 is 0 Å². The summed E-state index contributed by atoms with van der Waals surface area (Å²) in [4.78, 5) is 12.4. The van der Waals surface area contributed by atoms with Gasteiger partial charge in [0.2, 0.25) is 0 Å². The average molecular weight is 393 g/mol. The van der Waals surface area contributed by atoms with Crippen LogP contribution in [0, 0.1) is 14.9 Å². The molecule has 0 unspecified atom stereocenters. The zero-order valence-corrected chi connectivity index (χ0v) is 14.2. The lowest BCUT2D eigenvalue weighted by molar-refractivity contribution is 0.612. The molecule has 0 aliphatic carbocycles. The topological polar surface area (TPSA) is 58.7 Å². The summed E-state index contributed by atoms with van der Waals surface area (Å²) in [5.74, 6) is 0. The molecule has 0 fully saturated rings. The molecule has 0 radical (unpaired) electrons. The van der Waals surface area contributed by atoms with E-state index in [2.05, 4.69) is 33.8 Å². The van der Waals surface area contributed by atoms with Crippen LogP contribution >= 0.6 is 22.6 Å². The largest absolute Gasteiger partial charge is 0.285 e. The van der Waals surface area contributed by atoms with Gasteiger partial charge in [0.25, 0.3) is 5.56 Å². The highest BCUT2D eigenvalue weighted by atomic mass is 127. The first-order chi connectivity index (χ1) is 10.1. The number of hydrogen-bond donors (Lipinski definition) is 0. The summed E-state index contributed by atoms with van der Waals surface area (Å²) >= 11 is 2.24. The Morgan fingerprint density at radius 3 is 2.43 bits per heavy atom. The van der Waals surface area contributed by atoms with Gasteiger partial charge in [-0.15, -0.1) is 0 Å². The number of halogens is 1. The third-order valence-electron chi connectivity index (χ3n) is 3.39. The van der Waals surface area contributed by atoms with Crippen molar-refractivity contribution in [2.24, 2.45) is 0 Å². The third-order valence-corrected chi connectivity index (χ3v) is 4.10. The molecular weight excluding hydrogens is 377 g/mol. The second kappa shape index (κ2) is 6.85. The van der Waals surface area contributed by atoms with E-state index in [4.69, 9.17) is 0 Å². The zero-order chi connectivity index (χ0) is 15.4. The molecule has 0 amide bonds. The highest BCUT2D eigenvalue weighted by molar-refractivity contribution is 14.1. The third kappa shape index (κ3) is 3.32. The van der Waals surface area contributed by atoms with E-state index >= 15 is 0 Å². The van der Waals surface area contributed by atoms with Crippen LogP contribution in [0.2, 0.25) is 0 Å². The molecule has 0 saturated heterocycles. The lowest BCUT2D eigenvalue weighted by atomic mass is 10.0. The van der Waals surface area contributed by atoms with Crippen molar-refractivity contribution >= 4 is 22.6 Å². The Labute approximate surface area is 137 Å². The summed E-state index contributed by atoms with van der Waals surface area (Å²) in [5.41, 5.74) is 2.54. The quantitative estimate of drug-likeness (QED) is 0.751. The number of hydrogen-bond acceptors (Lipinski definition) is 3. The first-order valence-electron chi connectivity index (χ1n) is 6.88. The highest BCUT2D eigenvalue weighted by Gasteiger charge is 2.15. The molecule has 1 aromatic carbocycles. The molecule has 2 aromatic rings. The highest BCUT2D eigenvalue weighted by Crippen LogP contribution is 2.12. The fourth-order valence-electron chi connectivity index (χ4n) is 2.30. The van der Waals surface area contributed by atoms with Crippen molar-refractivity contribution in [3.63, 3.8) is 0 Å². The van der Waals surface area contributed by atoms with Gasteiger partial charge in [0, 0.05) is 3.57 Å². The van der Waals surface area contributed by atoms with E-state index in [9.17, 15) is 10.1 Å². The first-order valence-corrected chi connectivity index (χ1v) is 7.96. The maximum atomic E-state index is 12.4. The van der Waals surface area contributed by atoms with Crippen molar-refractivity contribution < 1.29 is 0 Å². The van der Waals surface area contributed by atoms with Gasteiger partial charge in [-0.2, -0.15) is 10.4 Å². The summed E-state index contributed by atoms with van der Waals surface area (Å²) in [6.07, 6.45) is 1.36. The van der Waals surface area contributed by atoms with Gasteiger partial charge in [0.1, 0.15) is 11.6 Å². The lowest BCUT2D eigenvalue weighted by Gasteiger charge is -2.12. The van der Waals surface area contributed by atoms with Crippen LogP contribution in [0.15, 0.2) is 29.1 Å². The van der Waals surface area contributed by atoms with E-state index in [0.717, 1.165) is 20.4 Å². The number of aryl methyl sites for hydroxylation is 1. The molecule has 0 atom stereocenters. The number of nitriles is 1. The van der Waals surface area contributed by atoms with Crippen LogP contribution in [-0.4, -0.2) is 9.78 Å². The molecule has 1 heterocycles. The Morgan fingerprint density at radius 1 is 1.24 bits per heavy atom. The predicted octanol–water partition coefficient (Wildman–Crippen LogP) is 2.89. The van der Waals surface area contributed by atoms with E-state index in [1.165, 1.54) is 4.68 Å². The normalized spacial score (nSPS) is 10.4. The molecule has 0 aliphatic rings. The SMILES string of the molecule is CCc1nn(Cc2ccc(I)cc2)c(=O)c(C#N)c1CC. The molecule has 4 nitrogen and oxygen atoms in total. The van der Waals surface area contributed by atoms with E-state index in [0.29, 0.717) is 19.4 Å². The van der Waals surface area contributed by atoms with Gasteiger partial charge < -0.3 is 0 Å². The molecule has 1 aromatic heterocycles. The van der Waals surface area contributed by atoms with E-state index in [-0.39, 0.29) is 11.1 Å². The van der Waals surface area contributed by atoms with Gasteiger partial charge in [-0.1, -0.05) is 26.0 Å². The predicted molar refractivity (Wildman–Crippen MR) is 90.2 cm³/mol. The molecule has 21 heavy (non-hydrogen) atoms. The maximum absolute atomic E-state index is 12.4. The van der Waals surface area contributed by atoms with Gasteiger partial charge in [-0.3, -0.25) is 4.79 Å². The summed E-state index contributed by atoms with van der Waals surface area (Å²) in [6, 6.07) is 9.98. The molecule has 0 N–H and O–H groups in total. The molecular formula is C16H16IN3O. The molecule has 0 aliphatic heterocycles. The summed E-state index contributed by atoms with van der Waals surface area (Å²) < 4.78 is 2.55. The van der Waals surface area contributed by atoms with Crippen LogP contribution in [-0.2, 0) is 19.4 Å². The fraction of sp³-hybridized carbons (Fsp3) is 0.312. The molecule has 0 saturated carbocycles. The Morgan fingerprint density at radius 2 is 1.90 bits per heavy atom. The molecule has 108 valence electrons. The monoisotopic (exact) mass is 393 g/mol. The Kier molecular flexibility index (Phi) is 5.12. The van der Waals surface area contributed by atoms with Gasteiger partial charge in [-0.05, 0) is 58.7 Å². The second-order valence-corrected chi connectivity index (χ2v) is 5.95. The van der Waals surface area contributed by atoms with E-state index in [1.54, 1.807) is 0 Å². The van der Waals surface area contributed by atoms with Crippen LogP contribution in [0.5, 0.6) is 0 Å². The first kappa shape index (κ1) is 15.7. The molecule has 2 rings (SSSR count). The molecule has 0 spiro atoms. The number of nitrogens with zero attached hydrogens (tertiary/aromatic N) is 3. The average Bonchev–Trinajstić information content (AvgIpc) is 2.50. The van der Waals surface area contributed by atoms with Crippen LogP contribution in [0.1, 0.15) is 36.2 Å². The van der Waals surface area contributed by atoms with E-state index in [1.807, 2.05) is 38.1 Å². The van der Waals surface area contributed by atoms with Crippen molar-refractivity contribution in [2.75, 3.05) is 0 Å². The Balaban J connectivity index is 2.52. The Bertz CT molecular complexity index is 742. The lowest BCUT2D eigenvalue weighted by Crippen LogP contribution is -2.29. The maximum Gasteiger partial charge on any atom is 0.285 e. The zero-order valence-electron chi connectivity index (χ0n) is 12.1. The van der Waals surface area contributed by atoms with Crippen molar-refractivity contribution in [3.8, 4) is 6.07 Å². The fourth-order valence-corrected chi connectivity index (χ4v) is 2.66. The van der Waals surface area contributed by atoms with Crippen LogP contribution in [0.3, 0.4) is 0 Å². The minimum atomic E-state index is -0.301. The van der Waals surface area contributed by atoms with E-state index < -0.39 is 0 Å². The number of rotatable bonds is 4. The number of aromatic nitrogens is 2. The summed E-state index contributed by atoms with van der Waals surface area (Å²) in [5, 5.41) is 13.7. The minimum absolute atomic E-state index is 0.231. The van der Waals surface area contributed by atoms with Gasteiger partial charge in [0.05, 0.1) is 12.2 Å². The van der Waals surface area contributed by atoms with Crippen LogP contribution in [0.25, 0.3) is 0 Å². The van der Waals surface area contributed by atoms with Crippen molar-refractivity contribution in [3.05, 3.63) is 60.6 Å². The van der Waals surface area contributed by atoms with Crippen LogP contribution in [0.4, 0.5) is 0 Å². The van der Waals surface area contributed by atoms with Crippen molar-refractivity contribution in [1.29, 1.82) is 5.26 Å². The summed E-state index contributed by atoms with van der Waals surface area (Å²) in [6.45, 7) is 4.32. The minimum Gasteiger partial charge on any atom is -0.266 e. The smallest absolute Gasteiger partial charge is 0.266 e. The van der Waals surface area contributed by atoms with Crippen molar-refractivity contribution in [1.82, 2.24) is 9.78 Å². The standard InChI is InChI=1S/C16H16IN3O/c1-3-13-14(9-18)16(21)20(19-15(13)4-2)10-11-5-7-12(17)8-6-11/h5-8H,3-4,10H2,1-2H3. The number of benzene rings is 1. The summed E-state index contributed by atoms with van der Waals surface area (Å²) in [7, 11) is 0. The molecule has 0 bridgehead atoms.